The quantitative estimate of drug-likeness (QED) is 0.664. The van der Waals surface area contributed by atoms with E-state index in [1.807, 2.05) is 6.92 Å². The molecule has 0 radical (unpaired) electrons. The first-order chi connectivity index (χ1) is 13.9. The zero-order valence-corrected chi connectivity index (χ0v) is 17.9. The summed E-state index contributed by atoms with van der Waals surface area (Å²) in [6.45, 7) is 2.20. The lowest BCUT2D eigenvalue weighted by Gasteiger charge is -2.23. The molecule has 0 unspecified atom stereocenters. The number of amides is 1. The van der Waals surface area contributed by atoms with Gasteiger partial charge in [0, 0.05) is 16.6 Å². The zero-order valence-electron chi connectivity index (χ0n) is 16.3. The van der Waals surface area contributed by atoms with Crippen molar-refractivity contribution < 1.29 is 17.9 Å². The van der Waals surface area contributed by atoms with Crippen molar-refractivity contribution in [2.75, 3.05) is 11.9 Å². The summed E-state index contributed by atoms with van der Waals surface area (Å²) in [5.41, 5.74) is 0.664. The van der Waals surface area contributed by atoms with Crippen LogP contribution in [0.3, 0.4) is 0 Å². The van der Waals surface area contributed by atoms with Gasteiger partial charge in [-0.3, -0.25) is 4.79 Å². The number of sulfonamides is 1. The Morgan fingerprint density at radius 3 is 2.59 bits per heavy atom. The Balaban J connectivity index is 1.86. The van der Waals surface area contributed by atoms with E-state index in [0.29, 0.717) is 28.6 Å². The van der Waals surface area contributed by atoms with Crippen molar-refractivity contribution in [2.45, 2.75) is 50.0 Å². The summed E-state index contributed by atoms with van der Waals surface area (Å²) in [6.07, 6.45) is 4.87. The van der Waals surface area contributed by atoms with Crippen LogP contribution in [0.25, 0.3) is 0 Å². The number of nitrogens with one attached hydrogen (secondary N) is 2. The topological polar surface area (TPSA) is 84.5 Å². The summed E-state index contributed by atoms with van der Waals surface area (Å²) < 4.78 is 34.0. The van der Waals surface area contributed by atoms with Gasteiger partial charge in [-0.1, -0.05) is 36.9 Å². The number of carbonyl (C=O) groups excluding carboxylic acids is 1. The third-order valence-corrected chi connectivity index (χ3v) is 6.58. The second-order valence-electron chi connectivity index (χ2n) is 7.01. The van der Waals surface area contributed by atoms with Gasteiger partial charge in [0.1, 0.15) is 5.75 Å². The predicted octanol–water partition coefficient (Wildman–Crippen LogP) is 4.60. The Hall–Kier alpha value is -2.09. The van der Waals surface area contributed by atoms with Crippen molar-refractivity contribution in [3.63, 3.8) is 0 Å². The molecule has 0 atom stereocenters. The van der Waals surface area contributed by atoms with Crippen LogP contribution in [-0.2, 0) is 10.0 Å². The van der Waals surface area contributed by atoms with Crippen molar-refractivity contribution in [3.8, 4) is 5.75 Å². The summed E-state index contributed by atoms with van der Waals surface area (Å²) >= 11 is 5.96. The Bertz CT molecular complexity index is 972. The average Bonchev–Trinajstić information content (AvgIpc) is 2.70. The minimum Gasteiger partial charge on any atom is -0.492 e. The molecule has 1 fully saturated rings. The van der Waals surface area contributed by atoms with E-state index >= 15 is 0 Å². The van der Waals surface area contributed by atoms with E-state index in [1.54, 1.807) is 30.3 Å². The van der Waals surface area contributed by atoms with Gasteiger partial charge in [-0.05, 0) is 56.2 Å². The van der Waals surface area contributed by atoms with Crippen molar-refractivity contribution in [1.29, 1.82) is 0 Å². The molecule has 1 aliphatic rings. The fourth-order valence-corrected chi connectivity index (χ4v) is 4.91. The third kappa shape index (κ3) is 5.72. The van der Waals surface area contributed by atoms with Gasteiger partial charge in [-0.25, -0.2) is 13.1 Å². The minimum atomic E-state index is -3.70. The first-order valence-corrected chi connectivity index (χ1v) is 11.6. The molecule has 6 nitrogen and oxygen atoms in total. The van der Waals surface area contributed by atoms with E-state index in [2.05, 4.69) is 10.0 Å². The van der Waals surface area contributed by atoms with Crippen LogP contribution < -0.4 is 14.8 Å². The number of carbonyl (C=O) groups is 1. The molecule has 0 bridgehead atoms. The van der Waals surface area contributed by atoms with Gasteiger partial charge in [0.15, 0.2) is 0 Å². The van der Waals surface area contributed by atoms with Gasteiger partial charge in [-0.15, -0.1) is 0 Å². The van der Waals surface area contributed by atoms with Crippen LogP contribution in [0.2, 0.25) is 5.02 Å². The molecule has 156 valence electrons. The standard InChI is InChI=1S/C21H25ClN2O4S/c1-2-28-20-12-11-18(29(26,27)24-17-9-4-3-5-10-17)14-19(20)23-21(25)15-7-6-8-16(22)13-15/h6-8,11-14,17,24H,2-5,9-10H2,1H3,(H,23,25). The fraction of sp³-hybridized carbons (Fsp3) is 0.381. The van der Waals surface area contributed by atoms with Crippen molar-refractivity contribution in [3.05, 3.63) is 53.1 Å². The second kappa shape index (κ2) is 9.61. The van der Waals surface area contributed by atoms with Crippen LogP contribution in [0.1, 0.15) is 49.4 Å². The van der Waals surface area contributed by atoms with Crippen LogP contribution in [0, 0.1) is 0 Å². The molecule has 1 amide bonds. The molecule has 1 saturated carbocycles. The van der Waals surface area contributed by atoms with Gasteiger partial charge < -0.3 is 10.1 Å². The van der Waals surface area contributed by atoms with Crippen LogP contribution in [0.5, 0.6) is 5.75 Å². The summed E-state index contributed by atoms with van der Waals surface area (Å²) in [5, 5.41) is 3.18. The molecule has 1 aliphatic carbocycles. The summed E-state index contributed by atoms with van der Waals surface area (Å²) in [7, 11) is -3.70. The second-order valence-corrected chi connectivity index (χ2v) is 9.16. The lowest BCUT2D eigenvalue weighted by atomic mass is 9.96. The van der Waals surface area contributed by atoms with E-state index in [4.69, 9.17) is 16.3 Å². The van der Waals surface area contributed by atoms with Gasteiger partial charge in [-0.2, -0.15) is 0 Å². The maximum atomic E-state index is 12.8. The normalized spacial score (nSPS) is 15.1. The Kier molecular flexibility index (Phi) is 7.16. The summed E-state index contributed by atoms with van der Waals surface area (Å²) in [6, 6.07) is 11.0. The van der Waals surface area contributed by atoms with Crippen LogP contribution >= 0.6 is 11.6 Å². The number of hydrogen-bond donors (Lipinski definition) is 2. The molecule has 0 heterocycles. The Labute approximate surface area is 176 Å². The highest BCUT2D eigenvalue weighted by Gasteiger charge is 2.23. The summed E-state index contributed by atoms with van der Waals surface area (Å²) in [5.74, 6) is 0.00253. The molecule has 29 heavy (non-hydrogen) atoms. The van der Waals surface area contributed by atoms with Crippen molar-refractivity contribution in [1.82, 2.24) is 4.72 Å². The molecule has 0 saturated heterocycles. The minimum absolute atomic E-state index is 0.0511. The third-order valence-electron chi connectivity index (χ3n) is 4.82. The van der Waals surface area contributed by atoms with E-state index < -0.39 is 15.9 Å². The summed E-state index contributed by atoms with van der Waals surface area (Å²) in [4.78, 5) is 12.7. The number of halogens is 1. The van der Waals surface area contributed by atoms with Gasteiger partial charge in [0.05, 0.1) is 17.2 Å². The van der Waals surface area contributed by atoms with Gasteiger partial charge >= 0.3 is 0 Å². The molecular formula is C21H25ClN2O4S. The van der Waals surface area contributed by atoms with Gasteiger partial charge in [0.2, 0.25) is 10.0 Å². The van der Waals surface area contributed by atoms with Crippen LogP contribution in [-0.4, -0.2) is 27.0 Å². The number of rotatable bonds is 7. The first kappa shape index (κ1) is 21.6. The monoisotopic (exact) mass is 436 g/mol. The maximum Gasteiger partial charge on any atom is 0.255 e. The van der Waals surface area contributed by atoms with Crippen LogP contribution in [0.15, 0.2) is 47.4 Å². The SMILES string of the molecule is CCOc1ccc(S(=O)(=O)NC2CCCCC2)cc1NC(=O)c1cccc(Cl)c1. The lowest BCUT2D eigenvalue weighted by Crippen LogP contribution is -2.36. The van der Waals surface area contributed by atoms with Crippen LogP contribution in [0.4, 0.5) is 5.69 Å². The van der Waals surface area contributed by atoms with E-state index in [1.165, 1.54) is 12.1 Å². The average molecular weight is 437 g/mol. The molecule has 3 rings (SSSR count). The maximum absolute atomic E-state index is 12.8. The van der Waals surface area contributed by atoms with Crippen molar-refractivity contribution >= 4 is 33.2 Å². The largest absolute Gasteiger partial charge is 0.492 e. The lowest BCUT2D eigenvalue weighted by molar-refractivity contribution is 0.102. The van der Waals surface area contributed by atoms with E-state index in [0.717, 1.165) is 32.1 Å². The highest BCUT2D eigenvalue weighted by molar-refractivity contribution is 7.89. The Morgan fingerprint density at radius 2 is 1.90 bits per heavy atom. The van der Waals surface area contributed by atoms with E-state index in [9.17, 15) is 13.2 Å². The fourth-order valence-electron chi connectivity index (χ4n) is 3.39. The number of ether oxygens (including phenoxy) is 1. The molecular weight excluding hydrogens is 412 g/mol. The zero-order chi connectivity index (χ0) is 20.9. The molecule has 2 N–H and O–H groups in total. The van der Waals surface area contributed by atoms with E-state index in [-0.39, 0.29) is 10.9 Å². The predicted molar refractivity (Wildman–Crippen MR) is 114 cm³/mol. The molecule has 0 aliphatic heterocycles. The van der Waals surface area contributed by atoms with Gasteiger partial charge in [0.25, 0.3) is 5.91 Å². The number of anilines is 1. The molecule has 2 aromatic carbocycles. The number of benzene rings is 2. The highest BCUT2D eigenvalue weighted by Crippen LogP contribution is 2.29. The molecule has 0 aromatic heterocycles. The smallest absolute Gasteiger partial charge is 0.255 e. The molecule has 2 aromatic rings. The number of hydrogen-bond acceptors (Lipinski definition) is 4. The molecule has 0 spiro atoms. The Morgan fingerprint density at radius 1 is 1.14 bits per heavy atom. The highest BCUT2D eigenvalue weighted by atomic mass is 35.5. The van der Waals surface area contributed by atoms with Crippen molar-refractivity contribution in [2.24, 2.45) is 0 Å². The molecule has 8 heteroatoms. The first-order valence-electron chi connectivity index (χ1n) is 9.75.